The van der Waals surface area contributed by atoms with E-state index in [4.69, 9.17) is 4.74 Å². The Hall–Kier alpha value is 0.350. The molecular weight excluding hydrogens is 270 g/mol. The summed E-state index contributed by atoms with van der Waals surface area (Å²) < 4.78 is 30.0. The average Bonchev–Trinajstić information content (AvgIpc) is 2.11. The standard InChI is InChI=1S/C8H18BrNO3S/c1-8(4-3-5-9)10-14(11,12)7-6-13-2/h8,10H,3-7H2,1-2H3. The van der Waals surface area contributed by atoms with Gasteiger partial charge in [0.05, 0.1) is 12.4 Å². The van der Waals surface area contributed by atoms with E-state index in [1.54, 1.807) is 0 Å². The van der Waals surface area contributed by atoms with E-state index in [9.17, 15) is 8.42 Å². The van der Waals surface area contributed by atoms with Crippen molar-refractivity contribution < 1.29 is 13.2 Å². The van der Waals surface area contributed by atoms with Crippen LogP contribution in [0.1, 0.15) is 19.8 Å². The van der Waals surface area contributed by atoms with Gasteiger partial charge in [-0.05, 0) is 19.8 Å². The molecule has 1 N–H and O–H groups in total. The van der Waals surface area contributed by atoms with Crippen LogP contribution in [0.5, 0.6) is 0 Å². The van der Waals surface area contributed by atoms with Crippen molar-refractivity contribution in [1.29, 1.82) is 0 Å². The molecule has 0 fully saturated rings. The lowest BCUT2D eigenvalue weighted by atomic mass is 10.2. The number of methoxy groups -OCH3 is 1. The van der Waals surface area contributed by atoms with Gasteiger partial charge in [-0.1, -0.05) is 15.9 Å². The topological polar surface area (TPSA) is 55.4 Å². The van der Waals surface area contributed by atoms with E-state index < -0.39 is 10.0 Å². The minimum atomic E-state index is -3.16. The van der Waals surface area contributed by atoms with E-state index in [1.165, 1.54) is 7.11 Å². The molecule has 0 aliphatic carbocycles. The van der Waals surface area contributed by atoms with Crippen molar-refractivity contribution in [1.82, 2.24) is 4.72 Å². The Bertz CT molecular complexity index is 231. The number of hydrogen-bond donors (Lipinski definition) is 1. The van der Waals surface area contributed by atoms with Gasteiger partial charge in [0.2, 0.25) is 10.0 Å². The van der Waals surface area contributed by atoms with Crippen LogP contribution < -0.4 is 4.72 Å². The van der Waals surface area contributed by atoms with Gasteiger partial charge in [-0.25, -0.2) is 13.1 Å². The van der Waals surface area contributed by atoms with E-state index in [0.717, 1.165) is 18.2 Å². The highest BCUT2D eigenvalue weighted by Crippen LogP contribution is 2.01. The van der Waals surface area contributed by atoms with Crippen molar-refractivity contribution in [3.63, 3.8) is 0 Å². The molecule has 4 nitrogen and oxygen atoms in total. The predicted molar refractivity (Wildman–Crippen MR) is 61.3 cm³/mol. The molecule has 0 bridgehead atoms. The summed E-state index contributed by atoms with van der Waals surface area (Å²) in [5, 5.41) is 0.900. The smallest absolute Gasteiger partial charge is 0.214 e. The zero-order valence-corrected chi connectivity index (χ0v) is 11.0. The van der Waals surface area contributed by atoms with E-state index in [-0.39, 0.29) is 18.4 Å². The van der Waals surface area contributed by atoms with Gasteiger partial charge in [0.15, 0.2) is 0 Å². The van der Waals surface area contributed by atoms with Gasteiger partial charge in [0.25, 0.3) is 0 Å². The molecule has 14 heavy (non-hydrogen) atoms. The van der Waals surface area contributed by atoms with Crippen molar-refractivity contribution in [2.24, 2.45) is 0 Å². The van der Waals surface area contributed by atoms with Crippen molar-refractivity contribution in [3.05, 3.63) is 0 Å². The van der Waals surface area contributed by atoms with Gasteiger partial charge in [-0.15, -0.1) is 0 Å². The average molecular weight is 288 g/mol. The van der Waals surface area contributed by atoms with E-state index >= 15 is 0 Å². The first-order valence-corrected chi connectivity index (χ1v) is 7.34. The monoisotopic (exact) mass is 287 g/mol. The van der Waals surface area contributed by atoms with Gasteiger partial charge in [-0.2, -0.15) is 0 Å². The Balaban J connectivity index is 3.83. The first-order chi connectivity index (χ1) is 6.52. The second kappa shape index (κ2) is 7.62. The van der Waals surface area contributed by atoms with Gasteiger partial charge >= 0.3 is 0 Å². The molecule has 0 rings (SSSR count). The molecule has 0 saturated heterocycles. The quantitative estimate of drug-likeness (QED) is 0.681. The maximum absolute atomic E-state index is 11.4. The fraction of sp³-hybridized carbons (Fsp3) is 1.00. The molecule has 0 aliphatic heterocycles. The lowest BCUT2D eigenvalue weighted by Crippen LogP contribution is -2.35. The summed E-state index contributed by atoms with van der Waals surface area (Å²) in [6.07, 6.45) is 1.81. The van der Waals surface area contributed by atoms with Crippen LogP contribution in [0.3, 0.4) is 0 Å². The molecule has 6 heteroatoms. The number of ether oxygens (including phenoxy) is 1. The molecule has 86 valence electrons. The first kappa shape index (κ1) is 14.3. The fourth-order valence-electron chi connectivity index (χ4n) is 1.00. The van der Waals surface area contributed by atoms with Gasteiger partial charge in [0.1, 0.15) is 0 Å². The Morgan fingerprint density at radius 2 is 2.14 bits per heavy atom. The van der Waals surface area contributed by atoms with Crippen LogP contribution in [0.25, 0.3) is 0 Å². The number of nitrogens with one attached hydrogen (secondary N) is 1. The maximum Gasteiger partial charge on any atom is 0.214 e. The Morgan fingerprint density at radius 1 is 1.50 bits per heavy atom. The number of rotatable bonds is 8. The third-order valence-electron chi connectivity index (χ3n) is 1.71. The number of sulfonamides is 1. The third kappa shape index (κ3) is 7.73. The largest absolute Gasteiger partial charge is 0.384 e. The molecule has 1 unspecified atom stereocenters. The number of hydrogen-bond acceptors (Lipinski definition) is 3. The van der Waals surface area contributed by atoms with Crippen molar-refractivity contribution in [3.8, 4) is 0 Å². The van der Waals surface area contributed by atoms with E-state index in [0.29, 0.717) is 0 Å². The lowest BCUT2D eigenvalue weighted by Gasteiger charge is -2.13. The lowest BCUT2D eigenvalue weighted by molar-refractivity contribution is 0.216. The fourth-order valence-corrected chi connectivity index (χ4v) is 2.56. The summed E-state index contributed by atoms with van der Waals surface area (Å²) in [4.78, 5) is 0. The Morgan fingerprint density at radius 3 is 2.64 bits per heavy atom. The highest BCUT2D eigenvalue weighted by atomic mass is 79.9. The summed E-state index contributed by atoms with van der Waals surface area (Å²) in [5.74, 6) is 0.0299. The molecule has 0 aromatic carbocycles. The van der Waals surface area contributed by atoms with E-state index in [2.05, 4.69) is 20.7 Å². The van der Waals surface area contributed by atoms with Crippen molar-refractivity contribution >= 4 is 26.0 Å². The number of halogens is 1. The van der Waals surface area contributed by atoms with Crippen molar-refractivity contribution in [2.45, 2.75) is 25.8 Å². The van der Waals surface area contributed by atoms with Crippen LogP contribution in [0.4, 0.5) is 0 Å². The summed E-state index contributed by atoms with van der Waals surface area (Å²) >= 11 is 3.30. The molecule has 0 aliphatic rings. The van der Waals surface area contributed by atoms with Gasteiger partial charge in [0, 0.05) is 18.5 Å². The summed E-state index contributed by atoms with van der Waals surface area (Å²) in [6.45, 7) is 2.10. The Labute approximate surface area is 94.6 Å². The SMILES string of the molecule is COCCS(=O)(=O)NC(C)CCCBr. The molecular formula is C8H18BrNO3S. The van der Waals surface area contributed by atoms with E-state index in [1.807, 2.05) is 6.92 Å². The number of alkyl halides is 1. The predicted octanol–water partition coefficient (Wildman–Crippen LogP) is 1.12. The molecule has 0 aromatic heterocycles. The highest BCUT2D eigenvalue weighted by Gasteiger charge is 2.13. The van der Waals surface area contributed by atoms with Crippen LogP contribution in [0.15, 0.2) is 0 Å². The van der Waals surface area contributed by atoms with Gasteiger partial charge < -0.3 is 4.74 Å². The molecule has 0 aromatic rings. The van der Waals surface area contributed by atoms with Crippen molar-refractivity contribution in [2.75, 3.05) is 24.8 Å². The minimum absolute atomic E-state index is 0.00518. The normalized spacial score (nSPS) is 14.2. The molecule has 1 atom stereocenters. The van der Waals surface area contributed by atoms with Crippen LogP contribution in [0.2, 0.25) is 0 Å². The highest BCUT2D eigenvalue weighted by molar-refractivity contribution is 9.09. The first-order valence-electron chi connectivity index (χ1n) is 4.56. The maximum atomic E-state index is 11.4. The summed E-state index contributed by atoms with van der Waals surface area (Å²) in [7, 11) is -1.67. The van der Waals surface area contributed by atoms with Gasteiger partial charge in [-0.3, -0.25) is 0 Å². The van der Waals surface area contributed by atoms with Crippen LogP contribution in [-0.4, -0.2) is 39.3 Å². The van der Waals surface area contributed by atoms with Crippen LogP contribution >= 0.6 is 15.9 Å². The summed E-state index contributed by atoms with van der Waals surface area (Å²) in [6, 6.07) is -0.00518. The molecule has 0 amide bonds. The second-order valence-electron chi connectivity index (χ2n) is 3.16. The molecule has 0 heterocycles. The van der Waals surface area contributed by atoms with Crippen LogP contribution in [0, 0.1) is 0 Å². The Kier molecular flexibility index (Phi) is 7.81. The van der Waals surface area contributed by atoms with Crippen LogP contribution in [-0.2, 0) is 14.8 Å². The minimum Gasteiger partial charge on any atom is -0.384 e. The zero-order chi connectivity index (χ0) is 11.0. The molecule has 0 spiro atoms. The molecule has 0 saturated carbocycles. The summed E-state index contributed by atoms with van der Waals surface area (Å²) in [5.41, 5.74) is 0. The third-order valence-corrected chi connectivity index (χ3v) is 3.73. The second-order valence-corrected chi connectivity index (χ2v) is 5.83. The molecule has 0 radical (unpaired) electrons. The zero-order valence-electron chi connectivity index (χ0n) is 8.62.